The van der Waals surface area contributed by atoms with Crippen molar-refractivity contribution < 1.29 is 57.2 Å². The molecule has 4 fully saturated rings. The zero-order chi connectivity index (χ0) is 51.1. The number of alkyl carbamates (subject to hydrolysis) is 3. The number of benzene rings is 1. The van der Waals surface area contributed by atoms with Gasteiger partial charge in [0.05, 0.1) is 0 Å². The van der Waals surface area contributed by atoms with Crippen LogP contribution in [-0.2, 0) is 49.3 Å². The van der Waals surface area contributed by atoms with Crippen LogP contribution in [0.3, 0.4) is 0 Å². The fourth-order valence-electron chi connectivity index (χ4n) is 12.3. The number of ether oxygens (including phenoxy) is 6. The molecule has 388 valence electrons. The Morgan fingerprint density at radius 2 is 1.20 bits per heavy atom. The highest BCUT2D eigenvalue weighted by molar-refractivity contribution is 5.79. The van der Waals surface area contributed by atoms with E-state index >= 15 is 0 Å². The molecule has 3 amide bonds. The lowest BCUT2D eigenvalue weighted by Crippen LogP contribution is -2.64. The van der Waals surface area contributed by atoms with Crippen LogP contribution in [0.4, 0.5) is 14.4 Å². The van der Waals surface area contributed by atoms with Gasteiger partial charge in [-0.05, 0) is 174 Å². The second-order valence-electron chi connectivity index (χ2n) is 23.8. The van der Waals surface area contributed by atoms with E-state index in [2.05, 4.69) is 72.9 Å². The van der Waals surface area contributed by atoms with Crippen LogP contribution >= 0.6 is 0 Å². The van der Waals surface area contributed by atoms with Gasteiger partial charge in [0.25, 0.3) is 0 Å². The van der Waals surface area contributed by atoms with Crippen molar-refractivity contribution >= 4 is 36.2 Å². The van der Waals surface area contributed by atoms with E-state index in [-0.39, 0.29) is 60.6 Å². The van der Waals surface area contributed by atoms with Gasteiger partial charge < -0.3 is 49.3 Å². The van der Waals surface area contributed by atoms with Crippen molar-refractivity contribution in [3.8, 4) is 0 Å². The Morgan fingerprint density at radius 1 is 0.681 bits per heavy atom. The highest BCUT2D eigenvalue weighted by Crippen LogP contribution is 2.69. The van der Waals surface area contributed by atoms with Crippen molar-refractivity contribution in [3.63, 3.8) is 0 Å². The lowest BCUT2D eigenvalue weighted by atomic mass is 9.43. The lowest BCUT2D eigenvalue weighted by molar-refractivity contribution is -0.225. The van der Waals surface area contributed by atoms with Gasteiger partial charge in [-0.2, -0.15) is 0 Å². The Kier molecular flexibility index (Phi) is 18.2. The molecular weight excluding hydrogens is 885 g/mol. The molecule has 16 heteroatoms. The second kappa shape index (κ2) is 22.6. The number of esters is 3. The molecule has 0 heterocycles. The molecule has 0 saturated heterocycles. The van der Waals surface area contributed by atoms with E-state index in [4.69, 9.17) is 28.4 Å². The molecule has 0 bridgehead atoms. The van der Waals surface area contributed by atoms with Crippen LogP contribution in [0, 0.1) is 46.3 Å². The topological polar surface area (TPSA) is 197 Å². The molecule has 0 spiro atoms. The molecule has 16 nitrogen and oxygen atoms in total. The number of carbonyl (C=O) groups excluding carboxylic acids is 6. The third kappa shape index (κ3) is 15.4. The molecule has 0 aromatic heterocycles. The van der Waals surface area contributed by atoms with Crippen LogP contribution in [-0.4, -0.2) is 109 Å². The normalized spacial score (nSPS) is 29.2. The van der Waals surface area contributed by atoms with Gasteiger partial charge in [0, 0.05) is 17.9 Å². The first-order chi connectivity index (χ1) is 32.1. The summed E-state index contributed by atoms with van der Waals surface area (Å²) in [5, 5.41) is 7.66. The Labute approximate surface area is 411 Å². The van der Waals surface area contributed by atoms with E-state index in [0.717, 1.165) is 38.8 Å². The minimum atomic E-state index is -0.756. The summed E-state index contributed by atoms with van der Waals surface area (Å²) in [7, 11) is 2.15. The van der Waals surface area contributed by atoms with Crippen LogP contribution in [0.5, 0.6) is 0 Å². The van der Waals surface area contributed by atoms with Crippen molar-refractivity contribution in [1.82, 2.24) is 20.9 Å². The first-order valence-corrected chi connectivity index (χ1v) is 25.3. The average molecular weight is 969 g/mol. The smallest absolute Gasteiger partial charge is 0.408 e. The molecule has 11 atom stereocenters. The van der Waals surface area contributed by atoms with Gasteiger partial charge in [-0.15, -0.1) is 0 Å². The number of nitrogens with zero attached hydrogens (tertiary/aromatic N) is 1. The molecule has 0 aliphatic heterocycles. The van der Waals surface area contributed by atoms with Crippen LogP contribution in [0.25, 0.3) is 0 Å². The van der Waals surface area contributed by atoms with Crippen molar-refractivity contribution in [3.05, 3.63) is 35.9 Å². The standard InChI is InChI=1S/C53H84N4O12/c1-33(18-17-25-57(13)32-34-19-15-14-16-20-34)37-21-22-38-45-39(28-41(53(37,38)12)66-44(60)31-56-48(63)69-51(8,9)10)52(11)24-23-36(64-42(58)29-54-46(61)67-49(2,3)4)26-35(52)27-40(45)65-43(59)30-55-47(62)68-50(5,6)7/h14-16,19-20,33,35-41,45H,17-18,21-32H2,1-13H3,(H,54,61)(H,55,62)(H,56,63)/t33-,35+,36-,37-,38+,39+,40-,41+,45+,52+,53-/m1/s1. The number of hydrogen-bond acceptors (Lipinski definition) is 13. The third-order valence-electron chi connectivity index (χ3n) is 15.1. The Bertz CT molecular complexity index is 1940. The largest absolute Gasteiger partial charge is 0.461 e. The van der Waals surface area contributed by atoms with E-state index in [0.29, 0.717) is 32.1 Å². The summed E-state index contributed by atoms with van der Waals surface area (Å²) >= 11 is 0. The zero-order valence-electron chi connectivity index (χ0n) is 43.8. The number of fused-ring (bicyclic) bond motifs is 5. The Morgan fingerprint density at radius 3 is 1.74 bits per heavy atom. The first-order valence-electron chi connectivity index (χ1n) is 25.3. The molecule has 0 radical (unpaired) electrons. The number of nitrogens with one attached hydrogen (secondary N) is 3. The highest BCUT2D eigenvalue weighted by Gasteiger charge is 2.68. The third-order valence-corrected chi connectivity index (χ3v) is 15.1. The monoisotopic (exact) mass is 969 g/mol. The predicted molar refractivity (Wildman–Crippen MR) is 260 cm³/mol. The minimum Gasteiger partial charge on any atom is -0.461 e. The molecule has 4 saturated carbocycles. The minimum absolute atomic E-state index is 0.00457. The summed E-state index contributed by atoms with van der Waals surface area (Å²) in [5.41, 5.74) is -1.78. The molecule has 5 rings (SSSR count). The Balaban J connectivity index is 1.42. The molecule has 1 aromatic rings. The summed E-state index contributed by atoms with van der Waals surface area (Å²) in [6, 6.07) is 10.4. The second-order valence-corrected chi connectivity index (χ2v) is 23.8. The molecule has 4 aliphatic carbocycles. The van der Waals surface area contributed by atoms with E-state index in [1.165, 1.54) is 5.56 Å². The quantitative estimate of drug-likeness (QED) is 0.105. The van der Waals surface area contributed by atoms with Crippen molar-refractivity contribution in [2.24, 2.45) is 46.3 Å². The van der Waals surface area contributed by atoms with E-state index in [1.807, 2.05) is 6.07 Å². The van der Waals surface area contributed by atoms with Gasteiger partial charge in [-0.3, -0.25) is 14.4 Å². The van der Waals surface area contributed by atoms with Crippen LogP contribution in [0.15, 0.2) is 30.3 Å². The molecule has 1 aromatic carbocycles. The number of amides is 3. The summed E-state index contributed by atoms with van der Waals surface area (Å²) in [5.74, 6) is -1.45. The van der Waals surface area contributed by atoms with Gasteiger partial charge in [-0.1, -0.05) is 51.1 Å². The van der Waals surface area contributed by atoms with Gasteiger partial charge in [0.15, 0.2) is 0 Å². The molecular formula is C53H84N4O12. The summed E-state index contributed by atoms with van der Waals surface area (Å²) < 4.78 is 35.2. The van der Waals surface area contributed by atoms with Gasteiger partial charge in [0.1, 0.15) is 54.7 Å². The maximum Gasteiger partial charge on any atom is 0.408 e. The van der Waals surface area contributed by atoms with Crippen LogP contribution < -0.4 is 16.0 Å². The molecule has 0 unspecified atom stereocenters. The fourth-order valence-corrected chi connectivity index (χ4v) is 12.3. The maximum atomic E-state index is 13.9. The number of carbonyl (C=O) groups is 6. The summed E-state index contributed by atoms with van der Waals surface area (Å²) in [6.45, 7) is 23.3. The molecule has 3 N–H and O–H groups in total. The molecule has 69 heavy (non-hydrogen) atoms. The van der Waals surface area contributed by atoms with Gasteiger partial charge in [0.2, 0.25) is 0 Å². The van der Waals surface area contributed by atoms with E-state index in [9.17, 15) is 28.8 Å². The zero-order valence-corrected chi connectivity index (χ0v) is 43.8. The van der Waals surface area contributed by atoms with Crippen molar-refractivity contribution in [2.45, 2.75) is 183 Å². The van der Waals surface area contributed by atoms with E-state index < -0.39 is 76.7 Å². The molecule has 4 aliphatic rings. The van der Waals surface area contributed by atoms with Gasteiger partial charge in [-0.25, -0.2) is 14.4 Å². The van der Waals surface area contributed by atoms with Crippen LogP contribution in [0.2, 0.25) is 0 Å². The van der Waals surface area contributed by atoms with Crippen LogP contribution in [0.1, 0.15) is 146 Å². The Hall–Kier alpha value is -4.60. The first kappa shape index (κ1) is 55.3. The van der Waals surface area contributed by atoms with Crippen molar-refractivity contribution in [1.29, 1.82) is 0 Å². The lowest BCUT2D eigenvalue weighted by Gasteiger charge is -2.64. The average Bonchev–Trinajstić information content (AvgIpc) is 3.58. The predicted octanol–water partition coefficient (Wildman–Crippen LogP) is 8.72. The fraction of sp³-hybridized carbons (Fsp3) is 0.774. The summed E-state index contributed by atoms with van der Waals surface area (Å²) in [6.07, 6.45) is 2.92. The number of hydrogen-bond donors (Lipinski definition) is 3. The number of rotatable bonds is 16. The maximum absolute atomic E-state index is 13.9. The van der Waals surface area contributed by atoms with Crippen molar-refractivity contribution in [2.75, 3.05) is 33.2 Å². The van der Waals surface area contributed by atoms with E-state index in [1.54, 1.807) is 62.3 Å². The highest BCUT2D eigenvalue weighted by atomic mass is 16.6. The summed E-state index contributed by atoms with van der Waals surface area (Å²) in [4.78, 5) is 80.9. The van der Waals surface area contributed by atoms with Gasteiger partial charge >= 0.3 is 36.2 Å². The SMILES string of the molecule is C[C@H](CCCN(C)Cc1ccccc1)[C@H]1CC[C@H]2[C@@H]3[C@H](OC(=O)CNC(=O)OC(C)(C)C)C[C@@H]4C[C@H](OC(=O)CNC(=O)OC(C)(C)C)CC[C@]4(C)[C@H]3C[C@H](OC(=O)CNC(=O)OC(C)(C)C)[C@]12C.